The number of aromatic nitrogens is 2. The predicted molar refractivity (Wildman–Crippen MR) is 83.0 cm³/mol. The largest absolute Gasteiger partial charge is 0.462 e. The van der Waals surface area contributed by atoms with Crippen LogP contribution in [0, 0.1) is 6.92 Å². The van der Waals surface area contributed by atoms with Crippen molar-refractivity contribution in [3.63, 3.8) is 0 Å². The fourth-order valence-corrected chi connectivity index (χ4v) is 2.71. The summed E-state index contributed by atoms with van der Waals surface area (Å²) < 4.78 is 5.16. The van der Waals surface area contributed by atoms with Crippen LogP contribution in [0.5, 0.6) is 0 Å². The maximum absolute atomic E-state index is 12.3. The number of hydrazone groups is 1. The number of carbonyl (C=O) groups is 1. The van der Waals surface area contributed by atoms with Crippen LogP contribution in [0.2, 0.25) is 0 Å². The lowest BCUT2D eigenvalue weighted by molar-refractivity contribution is 0.0522. The predicted octanol–water partition coefficient (Wildman–Crippen LogP) is 2.09. The smallest absolute Gasteiger partial charge is 0.341 e. The lowest BCUT2D eigenvalue weighted by Gasteiger charge is -2.22. The summed E-state index contributed by atoms with van der Waals surface area (Å²) in [6.07, 6.45) is 3.75. The van der Waals surface area contributed by atoms with Gasteiger partial charge in [0.25, 0.3) is 0 Å². The maximum atomic E-state index is 12.3. The van der Waals surface area contributed by atoms with Crippen LogP contribution in [-0.2, 0) is 4.74 Å². The second-order valence-corrected chi connectivity index (χ2v) is 5.65. The number of aryl methyl sites for hydroxylation is 1. The first-order valence-electron chi connectivity index (χ1n) is 6.86. The van der Waals surface area contributed by atoms with Crippen molar-refractivity contribution in [3.05, 3.63) is 17.0 Å². The molecule has 2 atom stereocenters. The summed E-state index contributed by atoms with van der Waals surface area (Å²) in [6, 6.07) is 0.141. The van der Waals surface area contributed by atoms with Crippen LogP contribution in [0.25, 0.3) is 0 Å². The van der Waals surface area contributed by atoms with Crippen molar-refractivity contribution >= 4 is 23.9 Å². The lowest BCUT2D eigenvalue weighted by atomic mass is 9.94. The van der Waals surface area contributed by atoms with Crippen molar-refractivity contribution in [2.45, 2.75) is 37.9 Å². The molecule has 21 heavy (non-hydrogen) atoms. The molecule has 0 bridgehead atoms. The van der Waals surface area contributed by atoms with E-state index in [4.69, 9.17) is 4.74 Å². The number of thioether (sulfide) groups is 1. The minimum atomic E-state index is -0.368. The third-order valence-electron chi connectivity index (χ3n) is 3.59. The normalized spacial score (nSPS) is 20.9. The molecule has 0 saturated heterocycles. The number of nitrogens with zero attached hydrogens (tertiary/aromatic N) is 4. The van der Waals surface area contributed by atoms with E-state index < -0.39 is 0 Å². The molecule has 0 amide bonds. The van der Waals surface area contributed by atoms with E-state index >= 15 is 0 Å². The molecule has 0 saturated carbocycles. The lowest BCUT2D eigenvalue weighted by Crippen LogP contribution is -2.27. The van der Waals surface area contributed by atoms with E-state index in [9.17, 15) is 4.79 Å². The van der Waals surface area contributed by atoms with Crippen LogP contribution < -0.4 is 0 Å². The van der Waals surface area contributed by atoms with Gasteiger partial charge < -0.3 is 4.74 Å². The molecule has 1 aromatic heterocycles. The van der Waals surface area contributed by atoms with Crippen LogP contribution in [0.15, 0.2) is 10.3 Å². The molecule has 1 aliphatic heterocycles. The molecule has 0 radical (unpaired) electrons. The van der Waals surface area contributed by atoms with Crippen molar-refractivity contribution in [1.29, 1.82) is 0 Å². The Kier molecular flexibility index (Phi) is 4.82. The summed E-state index contributed by atoms with van der Waals surface area (Å²) in [5.41, 5.74) is 1.82. The zero-order valence-corrected chi connectivity index (χ0v) is 13.8. The van der Waals surface area contributed by atoms with Gasteiger partial charge in [-0.05, 0) is 27.0 Å². The van der Waals surface area contributed by atoms with Gasteiger partial charge >= 0.3 is 5.97 Å². The molecule has 0 aromatic carbocycles. The highest BCUT2D eigenvalue weighted by Crippen LogP contribution is 2.30. The first-order valence-corrected chi connectivity index (χ1v) is 8.08. The first kappa shape index (κ1) is 15.8. The zero-order chi connectivity index (χ0) is 15.6. The topological polar surface area (TPSA) is 67.7 Å². The van der Waals surface area contributed by atoms with Crippen molar-refractivity contribution in [2.75, 3.05) is 19.9 Å². The van der Waals surface area contributed by atoms with Gasteiger partial charge in [-0.3, -0.25) is 5.01 Å². The van der Waals surface area contributed by atoms with Gasteiger partial charge in [-0.25, -0.2) is 14.8 Å². The number of hydrogen-bond acceptors (Lipinski definition) is 7. The number of likely N-dealkylation sites (N-methyl/N-ethyl adjacent to an activating group) is 1. The summed E-state index contributed by atoms with van der Waals surface area (Å²) in [6.45, 7) is 5.99. The Hall–Kier alpha value is -1.63. The average Bonchev–Trinajstić information content (AvgIpc) is 2.78. The van der Waals surface area contributed by atoms with E-state index in [1.807, 2.05) is 31.5 Å². The highest BCUT2D eigenvalue weighted by atomic mass is 32.2. The van der Waals surface area contributed by atoms with Gasteiger partial charge in [-0.2, -0.15) is 5.10 Å². The third-order valence-corrected chi connectivity index (χ3v) is 4.14. The summed E-state index contributed by atoms with van der Waals surface area (Å²) in [4.78, 5) is 21.2. The van der Waals surface area contributed by atoms with Gasteiger partial charge in [0.15, 0.2) is 5.16 Å². The first-order chi connectivity index (χ1) is 9.99. The number of esters is 1. The fraction of sp³-hybridized carbons (Fsp3) is 0.571. The molecule has 2 heterocycles. The highest BCUT2D eigenvalue weighted by Gasteiger charge is 2.32. The van der Waals surface area contributed by atoms with Crippen molar-refractivity contribution in [3.8, 4) is 0 Å². The average molecular weight is 308 g/mol. The Morgan fingerprint density at radius 3 is 2.71 bits per heavy atom. The number of rotatable bonds is 4. The quantitative estimate of drug-likeness (QED) is 0.482. The third kappa shape index (κ3) is 3.02. The van der Waals surface area contributed by atoms with Gasteiger partial charge in [0.1, 0.15) is 5.56 Å². The summed E-state index contributed by atoms with van der Waals surface area (Å²) in [7, 11) is 1.91. The molecule has 2 unspecified atom stereocenters. The summed E-state index contributed by atoms with van der Waals surface area (Å²) >= 11 is 1.46. The molecule has 1 aliphatic rings. The standard InChI is InChI=1S/C14H20N4O2S/c1-6-20-13(19)11-8(2)16-14(21-5)17-12(11)10-7-15-18(4)9(10)3/h7,9-10H,6H2,1-5H3. The fourth-order valence-electron chi connectivity index (χ4n) is 2.29. The molecular formula is C14H20N4O2S. The Balaban J connectivity index is 2.53. The minimum Gasteiger partial charge on any atom is -0.462 e. The molecule has 0 aliphatic carbocycles. The minimum absolute atomic E-state index is 0.0398. The van der Waals surface area contributed by atoms with Gasteiger partial charge in [0.2, 0.25) is 0 Å². The number of carbonyl (C=O) groups excluding carboxylic acids is 1. The van der Waals surface area contributed by atoms with Crippen molar-refractivity contribution in [1.82, 2.24) is 15.0 Å². The van der Waals surface area contributed by atoms with Crippen LogP contribution in [0.4, 0.5) is 0 Å². The van der Waals surface area contributed by atoms with Crippen LogP contribution in [-0.4, -0.2) is 53.1 Å². The molecule has 2 rings (SSSR count). The van der Waals surface area contributed by atoms with E-state index in [1.165, 1.54) is 11.8 Å². The second kappa shape index (κ2) is 6.43. The van der Waals surface area contributed by atoms with E-state index in [2.05, 4.69) is 22.0 Å². The number of ether oxygens (including phenoxy) is 1. The van der Waals surface area contributed by atoms with Crippen LogP contribution in [0.1, 0.15) is 41.5 Å². The van der Waals surface area contributed by atoms with Crippen LogP contribution >= 0.6 is 11.8 Å². The Morgan fingerprint density at radius 1 is 1.48 bits per heavy atom. The second-order valence-electron chi connectivity index (χ2n) is 4.88. The molecular weight excluding hydrogens is 288 g/mol. The summed E-state index contributed by atoms with van der Waals surface area (Å²) in [5.74, 6) is -0.408. The molecule has 1 aromatic rings. The van der Waals surface area contributed by atoms with E-state index in [0.717, 1.165) is 0 Å². The van der Waals surface area contributed by atoms with Crippen LogP contribution in [0.3, 0.4) is 0 Å². The Bertz CT molecular complexity index is 576. The van der Waals surface area contributed by atoms with E-state index in [0.29, 0.717) is 28.7 Å². The van der Waals surface area contributed by atoms with E-state index in [-0.39, 0.29) is 17.9 Å². The van der Waals surface area contributed by atoms with Crippen molar-refractivity contribution in [2.24, 2.45) is 5.10 Å². The zero-order valence-electron chi connectivity index (χ0n) is 13.0. The Labute approximate surface area is 129 Å². The van der Waals surface area contributed by atoms with Gasteiger partial charge in [0.05, 0.1) is 30.0 Å². The highest BCUT2D eigenvalue weighted by molar-refractivity contribution is 7.98. The molecule has 6 nitrogen and oxygen atoms in total. The van der Waals surface area contributed by atoms with E-state index in [1.54, 1.807) is 6.92 Å². The Morgan fingerprint density at radius 2 is 2.19 bits per heavy atom. The molecule has 0 spiro atoms. The van der Waals surface area contributed by atoms with Gasteiger partial charge in [-0.1, -0.05) is 11.8 Å². The monoisotopic (exact) mass is 308 g/mol. The van der Waals surface area contributed by atoms with Crippen molar-refractivity contribution < 1.29 is 9.53 Å². The maximum Gasteiger partial charge on any atom is 0.341 e. The summed E-state index contributed by atoms with van der Waals surface area (Å²) in [5, 5.41) is 6.82. The van der Waals surface area contributed by atoms with Gasteiger partial charge in [0, 0.05) is 13.3 Å². The molecule has 0 N–H and O–H groups in total. The molecule has 114 valence electrons. The van der Waals surface area contributed by atoms with Gasteiger partial charge in [-0.15, -0.1) is 0 Å². The SMILES string of the molecule is CCOC(=O)c1c(C)nc(SC)nc1C1C=NN(C)C1C. The number of hydrogen-bond donors (Lipinski definition) is 0. The molecule has 0 fully saturated rings. The molecule has 7 heteroatoms.